The topological polar surface area (TPSA) is 66.9 Å². The van der Waals surface area contributed by atoms with Crippen LogP contribution in [0.4, 0.5) is 5.69 Å². The maximum atomic E-state index is 11.5. The van der Waals surface area contributed by atoms with Crippen molar-refractivity contribution in [3.63, 3.8) is 0 Å². The van der Waals surface area contributed by atoms with Crippen LogP contribution in [0.2, 0.25) is 0 Å². The summed E-state index contributed by atoms with van der Waals surface area (Å²) in [6.07, 6.45) is 5.17. The summed E-state index contributed by atoms with van der Waals surface area (Å²) < 4.78 is 0. The van der Waals surface area contributed by atoms with Crippen molar-refractivity contribution >= 4 is 11.6 Å². The number of nitrogens with zero attached hydrogens (tertiary/aromatic N) is 2. The van der Waals surface area contributed by atoms with Gasteiger partial charge in [0, 0.05) is 31.3 Å². The fraction of sp³-hybridized carbons (Fsp3) is 0.214. The normalized spacial score (nSPS) is 11.7. The minimum absolute atomic E-state index is 0.105. The summed E-state index contributed by atoms with van der Waals surface area (Å²) in [6.45, 7) is 2.04. The molecule has 98 valence electrons. The lowest BCUT2D eigenvalue weighted by atomic mass is 10.1. The third-order valence-electron chi connectivity index (χ3n) is 2.79. The van der Waals surface area contributed by atoms with E-state index in [0.29, 0.717) is 5.69 Å². The second-order valence-corrected chi connectivity index (χ2v) is 4.16. The first-order chi connectivity index (χ1) is 9.20. The molecule has 1 atom stereocenters. The van der Waals surface area contributed by atoms with Crippen LogP contribution in [-0.2, 0) is 0 Å². The molecule has 0 radical (unpaired) electrons. The summed E-state index contributed by atoms with van der Waals surface area (Å²) in [7, 11) is 1.59. The van der Waals surface area contributed by atoms with Crippen molar-refractivity contribution in [3.05, 3.63) is 54.1 Å². The molecule has 5 nitrogen and oxygen atoms in total. The van der Waals surface area contributed by atoms with Gasteiger partial charge in [0.25, 0.3) is 5.91 Å². The van der Waals surface area contributed by atoms with Crippen molar-refractivity contribution < 1.29 is 4.79 Å². The van der Waals surface area contributed by atoms with Gasteiger partial charge in [0.2, 0.25) is 0 Å². The van der Waals surface area contributed by atoms with Gasteiger partial charge < -0.3 is 10.6 Å². The molecule has 1 amide bonds. The van der Waals surface area contributed by atoms with Crippen LogP contribution in [0.15, 0.2) is 42.9 Å². The third-order valence-corrected chi connectivity index (χ3v) is 2.79. The van der Waals surface area contributed by atoms with Crippen molar-refractivity contribution in [1.29, 1.82) is 0 Å². The number of pyridine rings is 2. The quantitative estimate of drug-likeness (QED) is 0.878. The molecule has 0 saturated carbocycles. The van der Waals surface area contributed by atoms with Gasteiger partial charge in [0.05, 0.1) is 6.04 Å². The van der Waals surface area contributed by atoms with Gasteiger partial charge in [0.15, 0.2) is 0 Å². The molecule has 0 bridgehead atoms. The van der Waals surface area contributed by atoms with Gasteiger partial charge in [-0.3, -0.25) is 14.8 Å². The van der Waals surface area contributed by atoms with Crippen LogP contribution in [0.5, 0.6) is 0 Å². The summed E-state index contributed by atoms with van der Waals surface area (Å²) in [5.41, 5.74) is 2.33. The largest absolute Gasteiger partial charge is 0.378 e. The molecule has 0 aliphatic rings. The zero-order valence-electron chi connectivity index (χ0n) is 10.9. The molecular weight excluding hydrogens is 240 g/mol. The Hall–Kier alpha value is -2.43. The molecule has 5 heteroatoms. The predicted octanol–water partition coefficient (Wildman–Crippen LogP) is 2.01. The van der Waals surface area contributed by atoms with Crippen LogP contribution in [0.25, 0.3) is 0 Å². The van der Waals surface area contributed by atoms with Gasteiger partial charge in [-0.25, -0.2) is 0 Å². The number of aromatic nitrogens is 2. The molecule has 2 N–H and O–H groups in total. The van der Waals surface area contributed by atoms with Crippen molar-refractivity contribution in [1.82, 2.24) is 15.3 Å². The van der Waals surface area contributed by atoms with E-state index < -0.39 is 0 Å². The fourth-order valence-corrected chi connectivity index (χ4v) is 1.74. The van der Waals surface area contributed by atoms with Gasteiger partial charge in [0.1, 0.15) is 5.69 Å². The molecule has 2 rings (SSSR count). The number of amides is 1. The highest BCUT2D eigenvalue weighted by Gasteiger charge is 2.08. The maximum Gasteiger partial charge on any atom is 0.269 e. The molecular formula is C14H16N4O. The molecule has 0 aliphatic heterocycles. The monoisotopic (exact) mass is 256 g/mol. The molecule has 2 aromatic rings. The Bertz CT molecular complexity index is 556. The van der Waals surface area contributed by atoms with Gasteiger partial charge >= 0.3 is 0 Å². The van der Waals surface area contributed by atoms with E-state index in [0.717, 1.165) is 11.3 Å². The summed E-state index contributed by atoms with van der Waals surface area (Å²) in [6, 6.07) is 7.57. The molecule has 2 aromatic heterocycles. The maximum absolute atomic E-state index is 11.5. The van der Waals surface area contributed by atoms with Gasteiger partial charge in [-0.15, -0.1) is 0 Å². The average molecular weight is 256 g/mol. The van der Waals surface area contributed by atoms with Gasteiger partial charge in [-0.05, 0) is 30.7 Å². The van der Waals surface area contributed by atoms with E-state index in [4.69, 9.17) is 0 Å². The van der Waals surface area contributed by atoms with Crippen molar-refractivity contribution in [3.8, 4) is 0 Å². The molecule has 0 spiro atoms. The Labute approximate surface area is 112 Å². The van der Waals surface area contributed by atoms with E-state index in [1.165, 1.54) is 0 Å². The van der Waals surface area contributed by atoms with E-state index >= 15 is 0 Å². The predicted molar refractivity (Wildman–Crippen MR) is 73.9 cm³/mol. The molecule has 0 aliphatic carbocycles. The van der Waals surface area contributed by atoms with Gasteiger partial charge in [-0.2, -0.15) is 0 Å². The van der Waals surface area contributed by atoms with Crippen LogP contribution < -0.4 is 10.6 Å². The lowest BCUT2D eigenvalue weighted by molar-refractivity contribution is 0.0958. The first-order valence-corrected chi connectivity index (χ1v) is 6.05. The molecule has 19 heavy (non-hydrogen) atoms. The first-order valence-electron chi connectivity index (χ1n) is 6.05. The van der Waals surface area contributed by atoms with E-state index in [1.807, 2.05) is 31.3 Å². The smallest absolute Gasteiger partial charge is 0.269 e. The Morgan fingerprint density at radius 2 is 2.16 bits per heavy atom. The van der Waals surface area contributed by atoms with Gasteiger partial charge in [-0.1, -0.05) is 6.07 Å². The number of carbonyl (C=O) groups excluding carboxylic acids is 1. The second-order valence-electron chi connectivity index (χ2n) is 4.16. The average Bonchev–Trinajstić information content (AvgIpc) is 2.47. The number of hydrogen-bond donors (Lipinski definition) is 2. The van der Waals surface area contributed by atoms with Crippen molar-refractivity contribution in [2.24, 2.45) is 0 Å². The lowest BCUT2D eigenvalue weighted by Crippen LogP contribution is -2.19. The number of carbonyl (C=O) groups is 1. The van der Waals surface area contributed by atoms with E-state index in [1.54, 1.807) is 25.5 Å². The summed E-state index contributed by atoms with van der Waals surface area (Å²) in [4.78, 5) is 19.6. The third kappa shape index (κ3) is 3.28. The molecule has 0 saturated heterocycles. The highest BCUT2D eigenvalue weighted by atomic mass is 16.1. The van der Waals surface area contributed by atoms with Crippen LogP contribution in [-0.4, -0.2) is 22.9 Å². The zero-order valence-corrected chi connectivity index (χ0v) is 10.9. The minimum atomic E-state index is -0.197. The highest BCUT2D eigenvalue weighted by molar-refractivity contribution is 5.92. The number of hydrogen-bond acceptors (Lipinski definition) is 4. The Morgan fingerprint density at radius 1 is 1.32 bits per heavy atom. The van der Waals surface area contributed by atoms with Crippen LogP contribution in [0.3, 0.4) is 0 Å². The summed E-state index contributed by atoms with van der Waals surface area (Å²) in [5, 5.41) is 5.87. The number of rotatable bonds is 4. The molecule has 2 heterocycles. The van der Waals surface area contributed by atoms with Crippen LogP contribution in [0, 0.1) is 0 Å². The van der Waals surface area contributed by atoms with Crippen LogP contribution >= 0.6 is 0 Å². The first kappa shape index (κ1) is 13.0. The highest BCUT2D eigenvalue weighted by Crippen LogP contribution is 2.18. The number of anilines is 1. The lowest BCUT2D eigenvalue weighted by Gasteiger charge is -2.15. The fourth-order valence-electron chi connectivity index (χ4n) is 1.74. The van der Waals surface area contributed by atoms with E-state index in [9.17, 15) is 4.79 Å². The Kier molecular flexibility index (Phi) is 4.07. The summed E-state index contributed by atoms with van der Waals surface area (Å²) >= 11 is 0. The van der Waals surface area contributed by atoms with E-state index in [2.05, 4.69) is 20.6 Å². The van der Waals surface area contributed by atoms with Crippen molar-refractivity contribution in [2.75, 3.05) is 12.4 Å². The molecule has 0 aromatic carbocycles. The molecule has 0 fully saturated rings. The van der Waals surface area contributed by atoms with Crippen LogP contribution in [0.1, 0.15) is 29.0 Å². The Balaban J connectivity index is 2.13. The van der Waals surface area contributed by atoms with Crippen molar-refractivity contribution in [2.45, 2.75) is 13.0 Å². The second kappa shape index (κ2) is 5.95. The Morgan fingerprint density at radius 3 is 2.84 bits per heavy atom. The van der Waals surface area contributed by atoms with E-state index in [-0.39, 0.29) is 11.9 Å². The minimum Gasteiger partial charge on any atom is -0.378 e. The zero-order chi connectivity index (χ0) is 13.7. The summed E-state index contributed by atoms with van der Waals surface area (Å²) in [5.74, 6) is -0.197. The SMILES string of the molecule is CNC(=O)c1cc(NC(C)c2cccnc2)ccn1. The number of nitrogens with one attached hydrogen (secondary N) is 2. The molecule has 1 unspecified atom stereocenters. The standard InChI is InChI=1S/C14H16N4O/c1-10(11-4-3-6-16-9-11)18-12-5-7-17-13(8-12)14(19)15-2/h3-10H,1-2H3,(H,15,19)(H,17,18).